The average Bonchev–Trinajstić information content (AvgIpc) is 2.73. The van der Waals surface area contributed by atoms with Gasteiger partial charge in [0.1, 0.15) is 0 Å². The predicted molar refractivity (Wildman–Crippen MR) is 72.9 cm³/mol. The van der Waals surface area contributed by atoms with Crippen molar-refractivity contribution >= 4 is 15.6 Å². The number of rotatable bonds is 6. The third-order valence-electron chi connectivity index (χ3n) is 2.99. The van der Waals surface area contributed by atoms with Gasteiger partial charge in [0.15, 0.2) is 5.69 Å². The van der Waals surface area contributed by atoms with Crippen LogP contribution in [0.3, 0.4) is 0 Å². The van der Waals surface area contributed by atoms with E-state index in [0.717, 1.165) is 0 Å². The van der Waals surface area contributed by atoms with Gasteiger partial charge in [-0.15, -0.1) is 5.10 Å². The molecule has 1 aromatic rings. The molecule has 1 aliphatic rings. The molecule has 112 valence electrons. The van der Waals surface area contributed by atoms with Crippen LogP contribution in [0.1, 0.15) is 17.4 Å². The second-order valence-electron chi connectivity index (χ2n) is 5.57. The number of hydrogen-bond donors (Lipinski definition) is 2. The van der Waals surface area contributed by atoms with Crippen molar-refractivity contribution in [3.63, 3.8) is 0 Å². The molecule has 1 amide bonds. The SMILES string of the molecule is CC1(Cn2cc(C(=O)NCCS(C)(=N)=O)nn2)COC1. The van der Waals surface area contributed by atoms with Gasteiger partial charge >= 0.3 is 0 Å². The van der Waals surface area contributed by atoms with Gasteiger partial charge in [-0.1, -0.05) is 12.1 Å². The van der Waals surface area contributed by atoms with Crippen molar-refractivity contribution in [1.82, 2.24) is 20.3 Å². The molecule has 1 aromatic heterocycles. The Hall–Kier alpha value is -1.48. The molecule has 1 unspecified atom stereocenters. The summed E-state index contributed by atoms with van der Waals surface area (Å²) in [4.78, 5) is 11.8. The van der Waals surface area contributed by atoms with Gasteiger partial charge < -0.3 is 10.1 Å². The number of carbonyl (C=O) groups is 1. The van der Waals surface area contributed by atoms with E-state index in [9.17, 15) is 9.00 Å². The molecule has 0 radical (unpaired) electrons. The molecule has 1 saturated heterocycles. The minimum Gasteiger partial charge on any atom is -0.380 e. The van der Waals surface area contributed by atoms with E-state index >= 15 is 0 Å². The number of nitrogens with zero attached hydrogens (tertiary/aromatic N) is 3. The summed E-state index contributed by atoms with van der Waals surface area (Å²) >= 11 is 0. The highest BCUT2D eigenvalue weighted by Crippen LogP contribution is 2.27. The van der Waals surface area contributed by atoms with Crippen LogP contribution in [0.4, 0.5) is 0 Å². The van der Waals surface area contributed by atoms with Gasteiger partial charge in [-0.3, -0.25) is 18.5 Å². The highest BCUT2D eigenvalue weighted by Gasteiger charge is 2.34. The fourth-order valence-corrected chi connectivity index (χ4v) is 2.35. The van der Waals surface area contributed by atoms with Crippen LogP contribution in [0, 0.1) is 10.2 Å². The van der Waals surface area contributed by atoms with Gasteiger partial charge in [-0.25, -0.2) is 0 Å². The van der Waals surface area contributed by atoms with E-state index in [0.29, 0.717) is 19.8 Å². The van der Waals surface area contributed by atoms with E-state index in [1.165, 1.54) is 6.26 Å². The monoisotopic (exact) mass is 301 g/mol. The zero-order valence-corrected chi connectivity index (χ0v) is 12.4. The Labute approximate surface area is 117 Å². The van der Waals surface area contributed by atoms with Crippen LogP contribution < -0.4 is 5.32 Å². The predicted octanol–water partition coefficient (Wildman–Crippen LogP) is -0.279. The maximum Gasteiger partial charge on any atom is 0.273 e. The molecule has 0 aromatic carbocycles. The summed E-state index contributed by atoms with van der Waals surface area (Å²) in [6.07, 6.45) is 2.93. The second-order valence-corrected chi connectivity index (χ2v) is 7.99. The van der Waals surface area contributed by atoms with Gasteiger partial charge in [0.2, 0.25) is 0 Å². The number of hydrogen-bond acceptors (Lipinski definition) is 6. The molecule has 1 aliphatic heterocycles. The summed E-state index contributed by atoms with van der Waals surface area (Å²) < 4.78 is 25.2. The normalized spacial score (nSPS) is 19.9. The van der Waals surface area contributed by atoms with Crippen LogP contribution >= 0.6 is 0 Å². The smallest absolute Gasteiger partial charge is 0.273 e. The largest absolute Gasteiger partial charge is 0.380 e. The van der Waals surface area contributed by atoms with Crippen molar-refractivity contribution in [2.75, 3.05) is 31.8 Å². The summed E-state index contributed by atoms with van der Waals surface area (Å²) in [5.41, 5.74) is 0.279. The van der Waals surface area contributed by atoms with Crippen LogP contribution in [-0.4, -0.2) is 56.9 Å². The molecule has 20 heavy (non-hydrogen) atoms. The van der Waals surface area contributed by atoms with Crippen LogP contribution in [0.5, 0.6) is 0 Å². The molecule has 0 spiro atoms. The van der Waals surface area contributed by atoms with Crippen molar-refractivity contribution in [1.29, 1.82) is 4.78 Å². The van der Waals surface area contributed by atoms with Gasteiger partial charge in [-0.05, 0) is 0 Å². The maximum absolute atomic E-state index is 11.8. The van der Waals surface area contributed by atoms with E-state index < -0.39 is 9.73 Å². The van der Waals surface area contributed by atoms with Gasteiger partial charge in [0.05, 0.1) is 26.0 Å². The minimum absolute atomic E-state index is 0.0559. The number of carbonyl (C=O) groups excluding carboxylic acids is 1. The van der Waals surface area contributed by atoms with Gasteiger partial charge in [0, 0.05) is 33.7 Å². The second kappa shape index (κ2) is 5.49. The molecule has 2 N–H and O–H groups in total. The topological polar surface area (TPSA) is 110 Å². The average molecular weight is 301 g/mol. The molecule has 0 aliphatic carbocycles. The Morgan fingerprint density at radius 3 is 2.90 bits per heavy atom. The first-order chi connectivity index (χ1) is 9.27. The standard InChI is InChI=1S/C11H19N5O3S/c1-11(7-19-8-11)6-16-5-9(14-15-16)10(17)13-3-4-20(2,12)18/h5,12H,3-4,6-8H2,1-2H3,(H,13,17). The first kappa shape index (κ1) is 14.9. The van der Waals surface area contributed by atoms with Crippen LogP contribution in [0.25, 0.3) is 0 Å². The summed E-state index contributed by atoms with van der Waals surface area (Å²) in [7, 11) is -2.59. The summed E-state index contributed by atoms with van der Waals surface area (Å²) in [5, 5.41) is 10.3. The van der Waals surface area contributed by atoms with Crippen LogP contribution in [0.15, 0.2) is 6.20 Å². The minimum atomic E-state index is -2.59. The number of nitrogens with one attached hydrogen (secondary N) is 2. The highest BCUT2D eigenvalue weighted by molar-refractivity contribution is 7.91. The van der Waals surface area contributed by atoms with E-state index in [-0.39, 0.29) is 29.3 Å². The van der Waals surface area contributed by atoms with Crippen LogP contribution in [0.2, 0.25) is 0 Å². The lowest BCUT2D eigenvalue weighted by atomic mass is 9.89. The summed E-state index contributed by atoms with van der Waals surface area (Å²) in [6, 6.07) is 0. The van der Waals surface area contributed by atoms with Crippen molar-refractivity contribution in [3.8, 4) is 0 Å². The van der Waals surface area contributed by atoms with E-state index in [4.69, 9.17) is 9.52 Å². The first-order valence-corrected chi connectivity index (χ1v) is 8.39. The summed E-state index contributed by atoms with van der Waals surface area (Å²) in [5.74, 6) is -0.239. The number of amides is 1. The fraction of sp³-hybridized carbons (Fsp3) is 0.727. The van der Waals surface area contributed by atoms with Crippen molar-refractivity contribution in [2.45, 2.75) is 13.5 Å². The summed E-state index contributed by atoms with van der Waals surface area (Å²) in [6.45, 7) is 4.30. The van der Waals surface area contributed by atoms with Crippen molar-refractivity contribution < 1.29 is 13.7 Å². The third-order valence-corrected chi connectivity index (χ3v) is 3.98. The van der Waals surface area contributed by atoms with Crippen molar-refractivity contribution in [3.05, 3.63) is 11.9 Å². The molecule has 1 fully saturated rings. The Morgan fingerprint density at radius 2 is 2.35 bits per heavy atom. The highest BCUT2D eigenvalue weighted by atomic mass is 32.2. The zero-order chi connectivity index (χ0) is 14.8. The molecule has 9 heteroatoms. The zero-order valence-electron chi connectivity index (χ0n) is 11.6. The Morgan fingerprint density at radius 1 is 1.65 bits per heavy atom. The Balaban J connectivity index is 1.86. The quantitative estimate of drug-likeness (QED) is 0.751. The lowest BCUT2D eigenvalue weighted by molar-refractivity contribution is -0.111. The lowest BCUT2D eigenvalue weighted by Gasteiger charge is -2.37. The molecular formula is C11H19N5O3S. The first-order valence-electron chi connectivity index (χ1n) is 6.25. The molecular weight excluding hydrogens is 282 g/mol. The van der Waals surface area contributed by atoms with Crippen LogP contribution in [-0.2, 0) is 21.0 Å². The fourth-order valence-electron chi connectivity index (χ4n) is 1.86. The van der Waals surface area contributed by atoms with Crippen molar-refractivity contribution in [2.24, 2.45) is 5.41 Å². The molecule has 0 saturated carbocycles. The molecule has 1 atom stereocenters. The Bertz CT molecular complexity index is 591. The van der Waals surface area contributed by atoms with Gasteiger partial charge in [0.25, 0.3) is 5.91 Å². The van der Waals surface area contributed by atoms with E-state index in [1.807, 2.05) is 0 Å². The molecule has 2 heterocycles. The maximum atomic E-state index is 11.8. The third kappa shape index (κ3) is 4.01. The number of aromatic nitrogens is 3. The van der Waals surface area contributed by atoms with E-state index in [1.54, 1.807) is 10.9 Å². The lowest BCUT2D eigenvalue weighted by Crippen LogP contribution is -2.43. The molecule has 2 rings (SSSR count). The molecule has 0 bridgehead atoms. The Kier molecular flexibility index (Phi) is 4.09. The van der Waals surface area contributed by atoms with Gasteiger partial charge in [-0.2, -0.15) is 0 Å². The number of ether oxygens (including phenoxy) is 1. The molecule has 8 nitrogen and oxygen atoms in total. The van der Waals surface area contributed by atoms with E-state index in [2.05, 4.69) is 22.6 Å².